The highest BCUT2D eigenvalue weighted by Gasteiger charge is 2.22. The molecular formula is C21H25N3O. The number of carbonyl (C=O) groups excluding carboxylic acids is 1. The maximum Gasteiger partial charge on any atom is 0.270 e. The van der Waals surface area contributed by atoms with Crippen molar-refractivity contribution in [2.45, 2.75) is 33.2 Å². The van der Waals surface area contributed by atoms with Crippen molar-refractivity contribution in [1.82, 2.24) is 14.5 Å². The second kappa shape index (κ2) is 6.71. The fraction of sp³-hybridized carbons (Fsp3) is 0.333. The van der Waals surface area contributed by atoms with Crippen LogP contribution in [0.2, 0.25) is 0 Å². The van der Waals surface area contributed by atoms with Crippen LogP contribution in [0.15, 0.2) is 42.6 Å². The third-order valence-corrected chi connectivity index (χ3v) is 4.94. The molecule has 0 unspecified atom stereocenters. The fourth-order valence-corrected chi connectivity index (χ4v) is 3.36. The molecule has 25 heavy (non-hydrogen) atoms. The maximum absolute atomic E-state index is 13.0. The van der Waals surface area contributed by atoms with Gasteiger partial charge in [-0.05, 0) is 50.1 Å². The Kier molecular flexibility index (Phi) is 4.62. The first kappa shape index (κ1) is 17.2. The van der Waals surface area contributed by atoms with E-state index in [4.69, 9.17) is 0 Å². The first-order chi connectivity index (χ1) is 11.9. The quantitative estimate of drug-likeness (QED) is 0.725. The van der Waals surface area contributed by atoms with Crippen molar-refractivity contribution in [1.29, 1.82) is 0 Å². The molecule has 1 atom stereocenters. The molecule has 0 N–H and O–H groups in total. The van der Waals surface area contributed by atoms with Crippen LogP contribution in [0.25, 0.3) is 10.9 Å². The largest absolute Gasteiger partial charge is 0.339 e. The number of nitrogens with zero attached hydrogens (tertiary/aromatic N) is 3. The zero-order valence-electron chi connectivity index (χ0n) is 15.6. The Labute approximate surface area is 149 Å². The van der Waals surface area contributed by atoms with Crippen LogP contribution in [0.3, 0.4) is 0 Å². The molecule has 2 heterocycles. The number of rotatable bonds is 4. The van der Waals surface area contributed by atoms with E-state index in [9.17, 15) is 4.79 Å². The average molecular weight is 335 g/mol. The number of hydrogen-bond acceptors (Lipinski definition) is 2. The summed E-state index contributed by atoms with van der Waals surface area (Å²) in [6.07, 6.45) is 2.57. The molecule has 0 radical (unpaired) electrons. The van der Waals surface area contributed by atoms with Crippen LogP contribution in [0.4, 0.5) is 0 Å². The number of aromatic nitrogens is 2. The summed E-state index contributed by atoms with van der Waals surface area (Å²) in [4.78, 5) is 19.3. The molecule has 0 saturated carbocycles. The molecule has 2 aromatic heterocycles. The summed E-state index contributed by atoms with van der Waals surface area (Å²) < 4.78 is 2.00. The van der Waals surface area contributed by atoms with E-state index >= 15 is 0 Å². The lowest BCUT2D eigenvalue weighted by molar-refractivity contribution is 0.0734. The van der Waals surface area contributed by atoms with E-state index in [0.29, 0.717) is 0 Å². The van der Waals surface area contributed by atoms with E-state index in [-0.39, 0.29) is 11.9 Å². The molecule has 0 bridgehead atoms. The lowest BCUT2D eigenvalue weighted by atomic mass is 10.1. The van der Waals surface area contributed by atoms with E-state index in [2.05, 4.69) is 44.0 Å². The topological polar surface area (TPSA) is 38.1 Å². The predicted octanol–water partition coefficient (Wildman–Crippen LogP) is 3.89. The number of carbonyl (C=O) groups is 1. The predicted molar refractivity (Wildman–Crippen MR) is 102 cm³/mol. The van der Waals surface area contributed by atoms with Gasteiger partial charge in [0.15, 0.2) is 0 Å². The first-order valence-electron chi connectivity index (χ1n) is 8.62. The maximum atomic E-state index is 13.0. The van der Waals surface area contributed by atoms with Gasteiger partial charge in [-0.15, -0.1) is 0 Å². The number of aryl methyl sites for hydroxylation is 3. The molecule has 0 aliphatic carbocycles. The summed E-state index contributed by atoms with van der Waals surface area (Å²) in [5, 5.41) is 1.10. The molecule has 3 rings (SSSR count). The van der Waals surface area contributed by atoms with Crippen molar-refractivity contribution in [2.75, 3.05) is 7.05 Å². The number of likely N-dealkylation sites (N-methyl/N-ethyl adjacent to an activating group) is 1. The Morgan fingerprint density at radius 1 is 1.24 bits per heavy atom. The van der Waals surface area contributed by atoms with E-state index in [1.807, 2.05) is 48.0 Å². The molecule has 0 fully saturated rings. The highest BCUT2D eigenvalue weighted by Crippen LogP contribution is 2.23. The van der Waals surface area contributed by atoms with Gasteiger partial charge < -0.3 is 9.47 Å². The highest BCUT2D eigenvalue weighted by atomic mass is 16.2. The number of amides is 1. The van der Waals surface area contributed by atoms with Crippen molar-refractivity contribution in [3.63, 3.8) is 0 Å². The second-order valence-electron chi connectivity index (χ2n) is 6.90. The summed E-state index contributed by atoms with van der Waals surface area (Å²) in [5.41, 5.74) is 5.22. The Morgan fingerprint density at radius 2 is 2.00 bits per heavy atom. The van der Waals surface area contributed by atoms with Gasteiger partial charge in [-0.1, -0.05) is 18.2 Å². The molecule has 130 valence electrons. The van der Waals surface area contributed by atoms with Crippen LogP contribution in [0, 0.1) is 13.8 Å². The summed E-state index contributed by atoms with van der Waals surface area (Å²) in [5.74, 6) is 0.0400. The second-order valence-corrected chi connectivity index (χ2v) is 6.90. The number of fused-ring (bicyclic) bond motifs is 1. The molecule has 3 aromatic rings. The van der Waals surface area contributed by atoms with Gasteiger partial charge in [0.2, 0.25) is 0 Å². The summed E-state index contributed by atoms with van der Waals surface area (Å²) in [6, 6.07) is 12.3. The lowest BCUT2D eigenvalue weighted by Gasteiger charge is -2.25. The minimum absolute atomic E-state index is 0.0400. The van der Waals surface area contributed by atoms with E-state index in [0.717, 1.165) is 28.7 Å². The van der Waals surface area contributed by atoms with Gasteiger partial charge in [0.05, 0.1) is 5.52 Å². The van der Waals surface area contributed by atoms with Gasteiger partial charge in [0, 0.05) is 43.8 Å². The number of para-hydroxylation sites is 1. The van der Waals surface area contributed by atoms with Gasteiger partial charge in [0.1, 0.15) is 5.69 Å². The SMILES string of the molecule is Cc1ccnc(C[C@H](C)N(C)C(=O)c2cc3cccc(C)c3n2C)c1. The fourth-order valence-electron chi connectivity index (χ4n) is 3.36. The van der Waals surface area contributed by atoms with Gasteiger partial charge in [-0.25, -0.2) is 0 Å². The summed E-state index contributed by atoms with van der Waals surface area (Å²) in [7, 11) is 3.83. The Morgan fingerprint density at radius 3 is 2.68 bits per heavy atom. The average Bonchev–Trinajstić information content (AvgIpc) is 2.91. The lowest BCUT2D eigenvalue weighted by Crippen LogP contribution is -2.37. The van der Waals surface area contributed by atoms with Crippen molar-refractivity contribution in [3.8, 4) is 0 Å². The molecule has 0 aliphatic heterocycles. The van der Waals surface area contributed by atoms with Crippen LogP contribution in [0.5, 0.6) is 0 Å². The highest BCUT2D eigenvalue weighted by molar-refractivity contribution is 5.99. The smallest absolute Gasteiger partial charge is 0.270 e. The Balaban J connectivity index is 1.85. The minimum atomic E-state index is 0.0400. The van der Waals surface area contributed by atoms with E-state index in [1.165, 1.54) is 11.1 Å². The molecule has 0 spiro atoms. The number of hydrogen-bond donors (Lipinski definition) is 0. The molecule has 4 heteroatoms. The van der Waals surface area contributed by atoms with Crippen molar-refractivity contribution >= 4 is 16.8 Å². The van der Waals surface area contributed by atoms with E-state index < -0.39 is 0 Å². The molecule has 1 amide bonds. The zero-order chi connectivity index (χ0) is 18.1. The van der Waals surface area contributed by atoms with Crippen LogP contribution >= 0.6 is 0 Å². The van der Waals surface area contributed by atoms with Crippen molar-refractivity contribution in [3.05, 3.63) is 65.1 Å². The van der Waals surface area contributed by atoms with Crippen LogP contribution in [-0.2, 0) is 13.5 Å². The Bertz CT molecular complexity index is 926. The van der Waals surface area contributed by atoms with Crippen molar-refractivity contribution in [2.24, 2.45) is 7.05 Å². The first-order valence-corrected chi connectivity index (χ1v) is 8.62. The molecule has 0 aliphatic rings. The third kappa shape index (κ3) is 3.29. The van der Waals surface area contributed by atoms with Crippen molar-refractivity contribution < 1.29 is 4.79 Å². The molecule has 0 saturated heterocycles. The summed E-state index contributed by atoms with van der Waals surface area (Å²) in [6.45, 7) is 6.20. The zero-order valence-corrected chi connectivity index (χ0v) is 15.6. The standard InChI is InChI=1S/C21H25N3O/c1-14-9-10-22-18(11-14)12-16(3)23(4)21(25)19-13-17-8-6-7-15(2)20(17)24(19)5/h6-11,13,16H,12H2,1-5H3/t16-/m0/s1. The normalized spacial score (nSPS) is 12.4. The summed E-state index contributed by atoms with van der Waals surface area (Å²) >= 11 is 0. The van der Waals surface area contributed by atoms with Crippen LogP contribution < -0.4 is 0 Å². The molecule has 1 aromatic carbocycles. The minimum Gasteiger partial charge on any atom is -0.339 e. The Hall–Kier alpha value is -2.62. The van der Waals surface area contributed by atoms with Gasteiger partial charge >= 0.3 is 0 Å². The van der Waals surface area contributed by atoms with Gasteiger partial charge in [-0.3, -0.25) is 9.78 Å². The van der Waals surface area contributed by atoms with Gasteiger partial charge in [0.25, 0.3) is 5.91 Å². The van der Waals surface area contributed by atoms with Crippen LogP contribution in [-0.4, -0.2) is 33.4 Å². The molecular weight excluding hydrogens is 310 g/mol. The monoisotopic (exact) mass is 335 g/mol. The van der Waals surface area contributed by atoms with Gasteiger partial charge in [-0.2, -0.15) is 0 Å². The number of pyridine rings is 1. The van der Waals surface area contributed by atoms with Crippen LogP contribution in [0.1, 0.15) is 34.2 Å². The number of benzene rings is 1. The van der Waals surface area contributed by atoms with E-state index in [1.54, 1.807) is 0 Å². The third-order valence-electron chi connectivity index (χ3n) is 4.94. The molecule has 4 nitrogen and oxygen atoms in total.